The van der Waals surface area contributed by atoms with Crippen molar-refractivity contribution in [3.8, 4) is 0 Å². The Labute approximate surface area is 126 Å². The van der Waals surface area contributed by atoms with Gasteiger partial charge in [0.25, 0.3) is 11.6 Å². The molecule has 1 aromatic carbocycles. The number of carbonyl (C=O) groups is 1. The second-order valence-corrected chi connectivity index (χ2v) is 5.24. The predicted molar refractivity (Wildman–Crippen MR) is 82.9 cm³/mol. The molecule has 0 aliphatic rings. The minimum atomic E-state index is -0.515. The first kappa shape index (κ1) is 15.0. The van der Waals surface area contributed by atoms with Crippen molar-refractivity contribution >= 4 is 28.6 Å². The van der Waals surface area contributed by atoms with Crippen LogP contribution in [0.3, 0.4) is 0 Å². The second kappa shape index (κ2) is 6.36. The van der Waals surface area contributed by atoms with E-state index in [2.05, 4.69) is 10.6 Å². The summed E-state index contributed by atoms with van der Waals surface area (Å²) in [5.41, 5.74) is 2.88. The number of hydrogen-bond donors (Lipinski definition) is 2. The number of amides is 1. The largest absolute Gasteiger partial charge is 0.387 e. The summed E-state index contributed by atoms with van der Waals surface area (Å²) in [5.74, 6) is -0.339. The molecule has 0 bridgehead atoms. The average molecular weight is 305 g/mol. The van der Waals surface area contributed by atoms with Crippen LogP contribution in [-0.2, 0) is 6.54 Å². The molecule has 2 aromatic rings. The van der Waals surface area contributed by atoms with Gasteiger partial charge in [-0.05, 0) is 34.9 Å². The van der Waals surface area contributed by atoms with Crippen LogP contribution in [0.1, 0.15) is 21.5 Å². The SMILES string of the molecule is CNc1ccc([N+](=O)[O-])cc1C(=O)NCc1cscc1C. The van der Waals surface area contributed by atoms with Crippen molar-refractivity contribution in [2.45, 2.75) is 13.5 Å². The Morgan fingerprint density at radius 3 is 2.71 bits per heavy atom. The van der Waals surface area contributed by atoms with Gasteiger partial charge in [-0.3, -0.25) is 14.9 Å². The van der Waals surface area contributed by atoms with Gasteiger partial charge in [0, 0.05) is 31.4 Å². The maximum atomic E-state index is 12.2. The highest BCUT2D eigenvalue weighted by molar-refractivity contribution is 7.08. The summed E-state index contributed by atoms with van der Waals surface area (Å²) in [6, 6.07) is 4.18. The van der Waals surface area contributed by atoms with E-state index in [0.717, 1.165) is 11.1 Å². The Hall–Kier alpha value is -2.41. The molecule has 0 aliphatic heterocycles. The standard InChI is InChI=1S/C14H15N3O3S/c1-9-7-21-8-10(9)6-16-14(18)12-5-11(17(19)20)3-4-13(12)15-2/h3-5,7-8,15H,6H2,1-2H3,(H,16,18). The number of hydrogen-bond acceptors (Lipinski definition) is 5. The number of nitrogens with zero attached hydrogens (tertiary/aromatic N) is 1. The third kappa shape index (κ3) is 3.38. The first-order chi connectivity index (χ1) is 10.0. The first-order valence-electron chi connectivity index (χ1n) is 6.29. The number of nitro groups is 1. The van der Waals surface area contributed by atoms with Gasteiger partial charge in [0.15, 0.2) is 0 Å². The fraction of sp³-hybridized carbons (Fsp3) is 0.214. The number of anilines is 1. The van der Waals surface area contributed by atoms with E-state index in [4.69, 9.17) is 0 Å². The highest BCUT2D eigenvalue weighted by atomic mass is 32.1. The Morgan fingerprint density at radius 1 is 1.38 bits per heavy atom. The minimum absolute atomic E-state index is 0.106. The maximum Gasteiger partial charge on any atom is 0.270 e. The molecule has 21 heavy (non-hydrogen) atoms. The minimum Gasteiger partial charge on any atom is -0.387 e. The molecule has 0 radical (unpaired) electrons. The van der Waals surface area contributed by atoms with Gasteiger partial charge < -0.3 is 10.6 Å². The molecule has 0 spiro atoms. The van der Waals surface area contributed by atoms with Crippen LogP contribution in [0.4, 0.5) is 11.4 Å². The van der Waals surface area contributed by atoms with Gasteiger partial charge in [-0.25, -0.2) is 0 Å². The van der Waals surface area contributed by atoms with Crippen molar-refractivity contribution in [3.63, 3.8) is 0 Å². The third-order valence-corrected chi connectivity index (χ3v) is 4.04. The van der Waals surface area contributed by atoms with Gasteiger partial charge in [-0.1, -0.05) is 0 Å². The van der Waals surface area contributed by atoms with E-state index >= 15 is 0 Å². The zero-order valence-corrected chi connectivity index (χ0v) is 12.5. The van der Waals surface area contributed by atoms with Gasteiger partial charge in [0.05, 0.1) is 10.5 Å². The van der Waals surface area contributed by atoms with E-state index in [1.165, 1.54) is 18.2 Å². The van der Waals surface area contributed by atoms with Crippen LogP contribution in [0, 0.1) is 17.0 Å². The lowest BCUT2D eigenvalue weighted by molar-refractivity contribution is -0.384. The molecule has 7 heteroatoms. The zero-order valence-electron chi connectivity index (χ0n) is 11.7. The quantitative estimate of drug-likeness (QED) is 0.657. The summed E-state index contributed by atoms with van der Waals surface area (Å²) in [5, 5.41) is 20.5. The van der Waals surface area contributed by atoms with Crippen molar-refractivity contribution in [1.29, 1.82) is 0 Å². The first-order valence-corrected chi connectivity index (χ1v) is 7.23. The van der Waals surface area contributed by atoms with Gasteiger partial charge >= 0.3 is 0 Å². The molecule has 2 rings (SSSR count). The molecular formula is C14H15N3O3S. The van der Waals surface area contributed by atoms with Crippen molar-refractivity contribution in [3.05, 3.63) is 55.8 Å². The van der Waals surface area contributed by atoms with Crippen molar-refractivity contribution in [2.75, 3.05) is 12.4 Å². The normalized spacial score (nSPS) is 10.2. The van der Waals surface area contributed by atoms with E-state index in [1.54, 1.807) is 18.4 Å². The monoisotopic (exact) mass is 305 g/mol. The Kier molecular flexibility index (Phi) is 4.54. The number of benzene rings is 1. The van der Waals surface area contributed by atoms with Crippen LogP contribution < -0.4 is 10.6 Å². The maximum absolute atomic E-state index is 12.2. The van der Waals surface area contributed by atoms with Gasteiger partial charge in [0.1, 0.15) is 0 Å². The zero-order chi connectivity index (χ0) is 15.4. The topological polar surface area (TPSA) is 84.3 Å². The fourth-order valence-electron chi connectivity index (χ4n) is 1.89. The summed E-state index contributed by atoms with van der Waals surface area (Å²) < 4.78 is 0. The van der Waals surface area contributed by atoms with E-state index in [1.807, 2.05) is 17.7 Å². The summed E-state index contributed by atoms with van der Waals surface area (Å²) >= 11 is 1.57. The molecule has 2 N–H and O–H groups in total. The molecule has 1 aromatic heterocycles. The molecule has 0 fully saturated rings. The molecule has 0 aliphatic carbocycles. The number of nitrogens with one attached hydrogen (secondary N) is 2. The molecule has 0 saturated heterocycles. The Morgan fingerprint density at radius 2 is 2.14 bits per heavy atom. The highest BCUT2D eigenvalue weighted by Crippen LogP contribution is 2.22. The molecule has 1 heterocycles. The number of nitro benzene ring substituents is 1. The molecule has 1 amide bonds. The smallest absolute Gasteiger partial charge is 0.270 e. The van der Waals surface area contributed by atoms with Crippen molar-refractivity contribution in [1.82, 2.24) is 5.32 Å². The van der Waals surface area contributed by atoms with Crippen LogP contribution in [0.15, 0.2) is 29.0 Å². The molecular weight excluding hydrogens is 290 g/mol. The number of non-ortho nitro benzene ring substituents is 1. The fourth-order valence-corrected chi connectivity index (χ4v) is 2.75. The van der Waals surface area contributed by atoms with Crippen molar-refractivity contribution in [2.24, 2.45) is 0 Å². The number of thiophene rings is 1. The van der Waals surface area contributed by atoms with Gasteiger partial charge in [0.2, 0.25) is 0 Å². The summed E-state index contributed by atoms with van der Waals surface area (Å²) in [4.78, 5) is 22.5. The Balaban J connectivity index is 2.19. The predicted octanol–water partition coefficient (Wildman–Crippen LogP) is 2.94. The van der Waals surface area contributed by atoms with Crippen LogP contribution in [0.2, 0.25) is 0 Å². The average Bonchev–Trinajstić information content (AvgIpc) is 2.89. The number of aryl methyl sites for hydroxylation is 1. The van der Waals surface area contributed by atoms with E-state index in [0.29, 0.717) is 12.2 Å². The summed E-state index contributed by atoms with van der Waals surface area (Å²) in [6.45, 7) is 2.38. The molecule has 0 atom stereocenters. The van der Waals surface area contributed by atoms with Crippen LogP contribution in [0.25, 0.3) is 0 Å². The number of carbonyl (C=O) groups excluding carboxylic acids is 1. The van der Waals surface area contributed by atoms with E-state index in [9.17, 15) is 14.9 Å². The van der Waals surface area contributed by atoms with E-state index in [-0.39, 0.29) is 17.2 Å². The summed E-state index contributed by atoms with van der Waals surface area (Å²) in [6.07, 6.45) is 0. The van der Waals surface area contributed by atoms with Crippen LogP contribution in [-0.4, -0.2) is 17.9 Å². The highest BCUT2D eigenvalue weighted by Gasteiger charge is 2.16. The van der Waals surface area contributed by atoms with Crippen LogP contribution >= 0.6 is 11.3 Å². The van der Waals surface area contributed by atoms with E-state index < -0.39 is 4.92 Å². The van der Waals surface area contributed by atoms with Gasteiger partial charge in [-0.15, -0.1) is 0 Å². The number of rotatable bonds is 5. The lowest BCUT2D eigenvalue weighted by Crippen LogP contribution is -2.24. The Bertz CT molecular complexity index is 682. The molecule has 0 saturated carbocycles. The molecule has 0 unspecified atom stereocenters. The van der Waals surface area contributed by atoms with Crippen molar-refractivity contribution < 1.29 is 9.72 Å². The van der Waals surface area contributed by atoms with Crippen LogP contribution in [0.5, 0.6) is 0 Å². The van der Waals surface area contributed by atoms with Gasteiger partial charge in [-0.2, -0.15) is 11.3 Å². The third-order valence-electron chi connectivity index (χ3n) is 3.13. The second-order valence-electron chi connectivity index (χ2n) is 4.50. The summed E-state index contributed by atoms with van der Waals surface area (Å²) in [7, 11) is 1.67. The molecule has 110 valence electrons. The lowest BCUT2D eigenvalue weighted by atomic mass is 10.1. The lowest BCUT2D eigenvalue weighted by Gasteiger charge is -2.09. The molecule has 6 nitrogen and oxygen atoms in total.